The van der Waals surface area contributed by atoms with E-state index in [0.717, 1.165) is 36.9 Å². The molecule has 1 aliphatic rings. The predicted molar refractivity (Wildman–Crippen MR) is 89.3 cm³/mol. The van der Waals surface area contributed by atoms with Gasteiger partial charge in [-0.25, -0.2) is 13.8 Å². The molecule has 0 saturated carbocycles. The Hall–Kier alpha value is -2.64. The summed E-state index contributed by atoms with van der Waals surface area (Å²) in [6.45, 7) is 7.68. The Kier molecular flexibility index (Phi) is 3.63. The van der Waals surface area contributed by atoms with Crippen LogP contribution < -0.4 is 4.90 Å². The second-order valence-electron chi connectivity index (χ2n) is 6.58. The van der Waals surface area contributed by atoms with Crippen LogP contribution in [0.3, 0.4) is 0 Å². The van der Waals surface area contributed by atoms with E-state index in [1.807, 2.05) is 6.92 Å². The number of fused-ring (bicyclic) bond motifs is 2. The van der Waals surface area contributed by atoms with Gasteiger partial charge in [-0.1, -0.05) is 13.8 Å². The van der Waals surface area contributed by atoms with Crippen LogP contribution in [0.25, 0.3) is 11.0 Å². The summed E-state index contributed by atoms with van der Waals surface area (Å²) in [5, 5.41) is 8.64. The van der Waals surface area contributed by atoms with E-state index in [0.29, 0.717) is 22.8 Å². The highest BCUT2D eigenvalue weighted by molar-refractivity contribution is 5.75. The van der Waals surface area contributed by atoms with Crippen molar-refractivity contribution in [3.63, 3.8) is 0 Å². The van der Waals surface area contributed by atoms with Crippen molar-refractivity contribution in [2.45, 2.75) is 39.3 Å². The van der Waals surface area contributed by atoms with Gasteiger partial charge in [0.15, 0.2) is 17.5 Å². The topological polar surface area (TPSA) is 59.7 Å². The molecule has 0 spiro atoms. The highest BCUT2D eigenvalue weighted by Crippen LogP contribution is 2.30. The molecular weight excluding hydrogens is 326 g/mol. The van der Waals surface area contributed by atoms with Crippen molar-refractivity contribution in [3.05, 3.63) is 41.6 Å². The van der Waals surface area contributed by atoms with Gasteiger partial charge in [0.05, 0.1) is 23.3 Å². The molecule has 0 radical (unpaired) electrons. The highest BCUT2D eigenvalue weighted by atomic mass is 19.2. The Morgan fingerprint density at radius 1 is 1.08 bits per heavy atom. The third kappa shape index (κ3) is 2.52. The van der Waals surface area contributed by atoms with Crippen molar-refractivity contribution >= 4 is 16.9 Å². The largest absolute Gasteiger partial charge is 0.344 e. The first-order valence-corrected chi connectivity index (χ1v) is 8.27. The van der Waals surface area contributed by atoms with Crippen molar-refractivity contribution in [1.82, 2.24) is 24.7 Å². The summed E-state index contributed by atoms with van der Waals surface area (Å²) in [5.74, 6) is 0.928. The third-order valence-corrected chi connectivity index (χ3v) is 4.60. The fourth-order valence-electron chi connectivity index (χ4n) is 3.28. The van der Waals surface area contributed by atoms with Crippen LogP contribution >= 0.6 is 0 Å². The van der Waals surface area contributed by atoms with Crippen molar-refractivity contribution in [3.8, 4) is 0 Å². The molecule has 6 nitrogen and oxygen atoms in total. The molecule has 0 aliphatic carbocycles. The zero-order chi connectivity index (χ0) is 17.7. The summed E-state index contributed by atoms with van der Waals surface area (Å²) in [4.78, 5) is 10.8. The van der Waals surface area contributed by atoms with Gasteiger partial charge < -0.3 is 9.47 Å². The maximum atomic E-state index is 13.5. The van der Waals surface area contributed by atoms with Crippen LogP contribution in [0, 0.1) is 11.6 Å². The number of aromatic nitrogens is 5. The molecule has 4 rings (SSSR count). The molecule has 3 heterocycles. The molecule has 0 fully saturated rings. The van der Waals surface area contributed by atoms with E-state index in [1.54, 1.807) is 6.20 Å². The van der Waals surface area contributed by atoms with Gasteiger partial charge in [-0.3, -0.25) is 4.98 Å². The average molecular weight is 344 g/mol. The summed E-state index contributed by atoms with van der Waals surface area (Å²) in [5.41, 5.74) is 0.663. The van der Waals surface area contributed by atoms with Crippen LogP contribution in [0.4, 0.5) is 14.6 Å². The van der Waals surface area contributed by atoms with E-state index in [9.17, 15) is 8.78 Å². The van der Waals surface area contributed by atoms with Crippen molar-refractivity contribution in [2.75, 3.05) is 11.4 Å². The first-order valence-electron chi connectivity index (χ1n) is 8.27. The number of halogens is 2. The molecule has 1 aliphatic heterocycles. The molecule has 3 aromatic rings. The number of rotatable bonds is 2. The van der Waals surface area contributed by atoms with Gasteiger partial charge >= 0.3 is 0 Å². The number of benzene rings is 1. The van der Waals surface area contributed by atoms with Gasteiger partial charge in [0.25, 0.3) is 0 Å². The van der Waals surface area contributed by atoms with E-state index in [-0.39, 0.29) is 6.04 Å². The maximum Gasteiger partial charge on any atom is 0.161 e. The van der Waals surface area contributed by atoms with Crippen LogP contribution in [0.5, 0.6) is 0 Å². The van der Waals surface area contributed by atoms with Crippen LogP contribution in [0.2, 0.25) is 0 Å². The van der Waals surface area contributed by atoms with Gasteiger partial charge in [0.2, 0.25) is 0 Å². The molecule has 8 heteroatoms. The lowest BCUT2D eigenvalue weighted by molar-refractivity contribution is 0.477. The molecule has 1 atom stereocenters. The van der Waals surface area contributed by atoms with Crippen molar-refractivity contribution in [1.29, 1.82) is 0 Å². The molecule has 0 N–H and O–H groups in total. The summed E-state index contributed by atoms with van der Waals surface area (Å²) < 4.78 is 29.0. The summed E-state index contributed by atoms with van der Waals surface area (Å²) in [7, 11) is 0. The molecule has 0 saturated heterocycles. The van der Waals surface area contributed by atoms with E-state index in [1.165, 1.54) is 0 Å². The van der Waals surface area contributed by atoms with E-state index < -0.39 is 11.6 Å². The monoisotopic (exact) mass is 344 g/mol. The number of hydrogen-bond acceptors (Lipinski definition) is 5. The quantitative estimate of drug-likeness (QED) is 0.714. The SMILES string of the molecule is CC(C)c1nnc2n1CCN(c1cnc3cc(F)c(F)cc3n1)C2C. The van der Waals surface area contributed by atoms with E-state index in [2.05, 4.69) is 43.5 Å². The molecular formula is C17H18F2N6. The minimum atomic E-state index is -0.924. The lowest BCUT2D eigenvalue weighted by atomic mass is 10.1. The molecule has 2 aromatic heterocycles. The van der Waals surface area contributed by atoms with Gasteiger partial charge in [-0.05, 0) is 6.92 Å². The van der Waals surface area contributed by atoms with E-state index >= 15 is 0 Å². The lowest BCUT2D eigenvalue weighted by Gasteiger charge is -2.34. The molecule has 0 bridgehead atoms. The number of nitrogens with zero attached hydrogens (tertiary/aromatic N) is 6. The summed E-state index contributed by atoms with van der Waals surface area (Å²) >= 11 is 0. The Bertz CT molecular complexity index is 952. The van der Waals surface area contributed by atoms with Gasteiger partial charge in [-0.15, -0.1) is 10.2 Å². The second kappa shape index (κ2) is 5.72. The normalized spacial score (nSPS) is 17.4. The zero-order valence-corrected chi connectivity index (χ0v) is 14.2. The Balaban J connectivity index is 1.72. The Labute approximate surface area is 143 Å². The molecule has 130 valence electrons. The van der Waals surface area contributed by atoms with Gasteiger partial charge in [0.1, 0.15) is 11.6 Å². The predicted octanol–water partition coefficient (Wildman–Crippen LogP) is 3.20. The minimum absolute atomic E-state index is 0.0363. The second-order valence-corrected chi connectivity index (χ2v) is 6.58. The van der Waals surface area contributed by atoms with Crippen molar-refractivity contribution in [2.24, 2.45) is 0 Å². The lowest BCUT2D eigenvalue weighted by Crippen LogP contribution is -2.38. The van der Waals surface area contributed by atoms with Crippen LogP contribution in [0.1, 0.15) is 44.4 Å². The summed E-state index contributed by atoms with van der Waals surface area (Å²) in [6, 6.07) is 2.10. The average Bonchev–Trinajstić information content (AvgIpc) is 3.01. The highest BCUT2D eigenvalue weighted by Gasteiger charge is 2.30. The summed E-state index contributed by atoms with van der Waals surface area (Å²) in [6.07, 6.45) is 1.59. The Morgan fingerprint density at radius 3 is 2.52 bits per heavy atom. The third-order valence-electron chi connectivity index (χ3n) is 4.60. The minimum Gasteiger partial charge on any atom is -0.344 e. The molecule has 1 unspecified atom stereocenters. The fourth-order valence-corrected chi connectivity index (χ4v) is 3.28. The first kappa shape index (κ1) is 15.9. The smallest absolute Gasteiger partial charge is 0.161 e. The maximum absolute atomic E-state index is 13.5. The standard InChI is InChI=1S/C17H18F2N6/c1-9(2)16-22-23-17-10(3)24(4-5-25(16)17)15-8-20-13-6-11(18)12(19)7-14(13)21-15/h6-10H,4-5H2,1-3H3. The molecule has 1 aromatic carbocycles. The van der Waals surface area contributed by atoms with E-state index in [4.69, 9.17) is 0 Å². The molecule has 0 amide bonds. The number of hydrogen-bond donors (Lipinski definition) is 0. The van der Waals surface area contributed by atoms with Crippen LogP contribution in [-0.2, 0) is 6.54 Å². The Morgan fingerprint density at radius 2 is 1.80 bits per heavy atom. The van der Waals surface area contributed by atoms with Crippen LogP contribution in [-0.4, -0.2) is 31.3 Å². The first-order chi connectivity index (χ1) is 12.0. The van der Waals surface area contributed by atoms with Gasteiger partial charge in [0, 0.05) is 31.1 Å². The number of anilines is 1. The zero-order valence-electron chi connectivity index (χ0n) is 14.2. The fraction of sp³-hybridized carbons (Fsp3) is 0.412. The van der Waals surface area contributed by atoms with Gasteiger partial charge in [-0.2, -0.15) is 0 Å². The van der Waals surface area contributed by atoms with Crippen molar-refractivity contribution < 1.29 is 8.78 Å². The van der Waals surface area contributed by atoms with Crippen LogP contribution in [0.15, 0.2) is 18.3 Å². The molecule has 25 heavy (non-hydrogen) atoms.